The van der Waals surface area contributed by atoms with Gasteiger partial charge in [0.05, 0.1) is 6.10 Å². The van der Waals surface area contributed by atoms with Crippen molar-refractivity contribution in [1.82, 2.24) is 0 Å². The molecule has 0 radical (unpaired) electrons. The highest BCUT2D eigenvalue weighted by Crippen LogP contribution is 2.17. The molecule has 2 atom stereocenters. The summed E-state index contributed by atoms with van der Waals surface area (Å²) in [5.74, 6) is 0. The summed E-state index contributed by atoms with van der Waals surface area (Å²) in [5, 5.41) is 8.28. The molecule has 0 saturated heterocycles. The van der Waals surface area contributed by atoms with Gasteiger partial charge in [0, 0.05) is 0 Å². The Morgan fingerprint density at radius 3 is 2.83 bits per heavy atom. The Morgan fingerprint density at radius 2 is 2.25 bits per heavy atom. The molecule has 3 nitrogen and oxygen atoms in total. The second-order valence-corrected chi connectivity index (χ2v) is 3.03. The topological polar surface area (TPSA) is 38.7 Å². The number of unbranched alkanes of at least 4 members (excludes halogenated alkanes) is 2. The molecular weight excluding hydrogens is 156 g/mol. The van der Waals surface area contributed by atoms with Crippen LogP contribution in [0, 0.1) is 0 Å². The Hall–Kier alpha value is -0.380. The predicted molar refractivity (Wildman–Crippen MR) is 45.7 cm³/mol. The van der Waals surface area contributed by atoms with Crippen LogP contribution in [0.2, 0.25) is 0 Å². The van der Waals surface area contributed by atoms with Gasteiger partial charge in [-0.15, -0.1) is 0 Å². The smallest absolute Gasteiger partial charge is 0.210 e. The van der Waals surface area contributed by atoms with Gasteiger partial charge in [0.25, 0.3) is 0 Å². The van der Waals surface area contributed by atoms with Crippen molar-refractivity contribution in [3.05, 3.63) is 12.2 Å². The summed E-state index contributed by atoms with van der Waals surface area (Å²) in [7, 11) is 0. The van der Waals surface area contributed by atoms with Crippen LogP contribution in [0.5, 0.6) is 0 Å². The zero-order valence-electron chi connectivity index (χ0n) is 7.40. The van der Waals surface area contributed by atoms with Crippen molar-refractivity contribution in [2.45, 2.75) is 45.0 Å². The average molecular weight is 172 g/mol. The summed E-state index contributed by atoms with van der Waals surface area (Å²) in [6.45, 7) is 2.17. The van der Waals surface area contributed by atoms with E-state index in [1.807, 2.05) is 6.08 Å². The van der Waals surface area contributed by atoms with Gasteiger partial charge in [-0.05, 0) is 12.5 Å². The summed E-state index contributed by atoms with van der Waals surface area (Å²) in [6.07, 6.45) is 7.90. The van der Waals surface area contributed by atoms with Gasteiger partial charge in [-0.3, -0.25) is 0 Å². The van der Waals surface area contributed by atoms with Crippen LogP contribution in [0.15, 0.2) is 12.2 Å². The Kier molecular flexibility index (Phi) is 4.29. The van der Waals surface area contributed by atoms with Crippen LogP contribution < -0.4 is 0 Å². The van der Waals surface area contributed by atoms with Crippen LogP contribution >= 0.6 is 0 Å². The molecule has 0 amide bonds. The zero-order valence-corrected chi connectivity index (χ0v) is 7.40. The van der Waals surface area contributed by atoms with Gasteiger partial charge in [0.1, 0.15) is 0 Å². The van der Waals surface area contributed by atoms with E-state index in [-0.39, 0.29) is 6.10 Å². The van der Waals surface area contributed by atoms with Crippen molar-refractivity contribution in [1.29, 1.82) is 0 Å². The van der Waals surface area contributed by atoms with E-state index in [1.165, 1.54) is 19.3 Å². The maximum absolute atomic E-state index is 8.28. The number of ether oxygens (including phenoxy) is 1. The molecule has 0 aromatic carbocycles. The molecule has 0 aromatic heterocycles. The van der Waals surface area contributed by atoms with E-state index >= 15 is 0 Å². The molecule has 1 rings (SSSR count). The van der Waals surface area contributed by atoms with E-state index in [2.05, 4.69) is 11.8 Å². The van der Waals surface area contributed by atoms with Gasteiger partial charge >= 0.3 is 0 Å². The molecule has 0 aliphatic carbocycles. The SMILES string of the molecule is CCCCCC1C=CC(OO)O1. The first kappa shape index (κ1) is 9.71. The molecule has 70 valence electrons. The lowest BCUT2D eigenvalue weighted by Gasteiger charge is -2.10. The summed E-state index contributed by atoms with van der Waals surface area (Å²) < 4.78 is 5.27. The van der Waals surface area contributed by atoms with E-state index < -0.39 is 6.29 Å². The van der Waals surface area contributed by atoms with Crippen LogP contribution in [-0.2, 0) is 9.62 Å². The molecule has 3 heteroatoms. The lowest BCUT2D eigenvalue weighted by Crippen LogP contribution is -2.13. The van der Waals surface area contributed by atoms with E-state index in [0.29, 0.717) is 0 Å². The first-order valence-corrected chi connectivity index (χ1v) is 4.51. The maximum atomic E-state index is 8.28. The lowest BCUT2D eigenvalue weighted by atomic mass is 10.1. The monoisotopic (exact) mass is 172 g/mol. The van der Waals surface area contributed by atoms with Crippen molar-refractivity contribution >= 4 is 0 Å². The quantitative estimate of drug-likeness (QED) is 0.299. The molecule has 2 unspecified atom stereocenters. The third-order valence-electron chi connectivity index (χ3n) is 1.99. The molecule has 0 spiro atoms. The van der Waals surface area contributed by atoms with Crippen LogP contribution in [0.4, 0.5) is 0 Å². The minimum absolute atomic E-state index is 0.133. The van der Waals surface area contributed by atoms with E-state index in [1.54, 1.807) is 6.08 Å². The van der Waals surface area contributed by atoms with Gasteiger partial charge < -0.3 is 4.74 Å². The van der Waals surface area contributed by atoms with Crippen molar-refractivity contribution in [3.63, 3.8) is 0 Å². The predicted octanol–water partition coefficient (Wildman–Crippen LogP) is 2.34. The normalized spacial score (nSPS) is 28.2. The summed E-state index contributed by atoms with van der Waals surface area (Å²) >= 11 is 0. The highest BCUT2D eigenvalue weighted by Gasteiger charge is 2.18. The van der Waals surface area contributed by atoms with Crippen molar-refractivity contribution in [3.8, 4) is 0 Å². The van der Waals surface area contributed by atoms with Crippen molar-refractivity contribution in [2.75, 3.05) is 0 Å². The number of hydrogen-bond donors (Lipinski definition) is 1. The van der Waals surface area contributed by atoms with Crippen molar-refractivity contribution in [2.24, 2.45) is 0 Å². The highest BCUT2D eigenvalue weighted by atomic mass is 17.1. The molecule has 1 heterocycles. The summed E-state index contributed by atoms with van der Waals surface area (Å²) in [5.41, 5.74) is 0. The standard InChI is InChI=1S/C9H16O3/c1-2-3-4-5-8-6-7-9(11-8)12-10/h6-10H,2-5H2,1H3. The molecule has 0 aromatic rings. The van der Waals surface area contributed by atoms with Gasteiger partial charge in [-0.25, -0.2) is 10.1 Å². The van der Waals surface area contributed by atoms with Crippen LogP contribution in [0.25, 0.3) is 0 Å². The Bertz CT molecular complexity index is 145. The van der Waals surface area contributed by atoms with Crippen molar-refractivity contribution < 1.29 is 14.9 Å². The largest absolute Gasteiger partial charge is 0.339 e. The molecule has 0 fully saturated rings. The first-order valence-electron chi connectivity index (χ1n) is 4.51. The maximum Gasteiger partial charge on any atom is 0.210 e. The van der Waals surface area contributed by atoms with Crippen LogP contribution in [-0.4, -0.2) is 17.7 Å². The Balaban J connectivity index is 2.08. The van der Waals surface area contributed by atoms with Crippen LogP contribution in [0.1, 0.15) is 32.6 Å². The number of hydrogen-bond acceptors (Lipinski definition) is 3. The third kappa shape index (κ3) is 2.93. The molecule has 1 aliphatic heterocycles. The van der Waals surface area contributed by atoms with Gasteiger partial charge in [0.15, 0.2) is 0 Å². The molecule has 1 aliphatic rings. The second-order valence-electron chi connectivity index (χ2n) is 3.03. The Morgan fingerprint density at radius 1 is 1.42 bits per heavy atom. The van der Waals surface area contributed by atoms with Gasteiger partial charge in [0.2, 0.25) is 6.29 Å². The first-order chi connectivity index (χ1) is 5.86. The fraction of sp³-hybridized carbons (Fsp3) is 0.778. The minimum Gasteiger partial charge on any atom is -0.339 e. The highest BCUT2D eigenvalue weighted by molar-refractivity contribution is 4.98. The minimum atomic E-state index is -0.545. The zero-order chi connectivity index (χ0) is 8.81. The summed E-state index contributed by atoms with van der Waals surface area (Å²) in [6, 6.07) is 0. The molecule has 1 N–H and O–H groups in total. The fourth-order valence-electron chi connectivity index (χ4n) is 1.30. The molecule has 12 heavy (non-hydrogen) atoms. The number of rotatable bonds is 5. The van der Waals surface area contributed by atoms with E-state index in [9.17, 15) is 0 Å². The molecule has 0 saturated carbocycles. The summed E-state index contributed by atoms with van der Waals surface area (Å²) in [4.78, 5) is 4.04. The molecular formula is C9H16O3. The molecule has 0 bridgehead atoms. The van der Waals surface area contributed by atoms with Crippen LogP contribution in [0.3, 0.4) is 0 Å². The third-order valence-corrected chi connectivity index (χ3v) is 1.99. The average Bonchev–Trinajstić information content (AvgIpc) is 2.53. The second kappa shape index (κ2) is 5.30. The van der Waals surface area contributed by atoms with Gasteiger partial charge in [-0.2, -0.15) is 0 Å². The van der Waals surface area contributed by atoms with Gasteiger partial charge in [-0.1, -0.05) is 32.3 Å². The van der Waals surface area contributed by atoms with E-state index in [4.69, 9.17) is 9.99 Å². The lowest BCUT2D eigenvalue weighted by molar-refractivity contribution is -0.329. The van der Waals surface area contributed by atoms with E-state index in [0.717, 1.165) is 6.42 Å². The fourth-order valence-corrected chi connectivity index (χ4v) is 1.30. The Labute approximate surface area is 72.9 Å².